The molecular formula is C16H22N2O2. The number of likely N-dealkylation sites (tertiary alicyclic amines) is 1. The van der Waals surface area contributed by atoms with Gasteiger partial charge in [0.1, 0.15) is 5.75 Å². The molecule has 20 heavy (non-hydrogen) atoms. The first kappa shape index (κ1) is 14.9. The highest BCUT2D eigenvalue weighted by Crippen LogP contribution is 2.24. The molecule has 1 fully saturated rings. The zero-order valence-corrected chi connectivity index (χ0v) is 12.1. The van der Waals surface area contributed by atoms with Crippen LogP contribution in [0.3, 0.4) is 0 Å². The summed E-state index contributed by atoms with van der Waals surface area (Å²) in [6, 6.07) is 5.88. The number of nitrogens with zero attached hydrogens (tertiary/aromatic N) is 1. The molecule has 4 nitrogen and oxygen atoms in total. The van der Waals surface area contributed by atoms with Crippen molar-refractivity contribution in [2.24, 2.45) is 5.73 Å². The van der Waals surface area contributed by atoms with Crippen LogP contribution in [0, 0.1) is 11.8 Å². The van der Waals surface area contributed by atoms with Crippen molar-refractivity contribution < 1.29 is 9.84 Å². The number of methoxy groups -OCH3 is 1. The summed E-state index contributed by atoms with van der Waals surface area (Å²) in [5, 5.41) is 10.0. The Balaban J connectivity index is 2.20. The van der Waals surface area contributed by atoms with Crippen LogP contribution in [0.2, 0.25) is 0 Å². The minimum atomic E-state index is -0.581. The topological polar surface area (TPSA) is 58.7 Å². The molecule has 0 spiro atoms. The van der Waals surface area contributed by atoms with Crippen molar-refractivity contribution in [1.29, 1.82) is 0 Å². The Bertz CT molecular complexity index is 529. The molecule has 1 aromatic carbocycles. The Hall–Kier alpha value is -1.54. The summed E-state index contributed by atoms with van der Waals surface area (Å²) in [6.07, 6.45) is 0.806. The van der Waals surface area contributed by atoms with Crippen molar-refractivity contribution >= 4 is 0 Å². The molecule has 1 atom stereocenters. The molecule has 2 rings (SSSR count). The van der Waals surface area contributed by atoms with Crippen LogP contribution in [0.15, 0.2) is 18.2 Å². The van der Waals surface area contributed by atoms with Gasteiger partial charge in [-0.1, -0.05) is 11.8 Å². The maximum atomic E-state index is 10.0. The average molecular weight is 274 g/mol. The summed E-state index contributed by atoms with van der Waals surface area (Å²) in [5.74, 6) is 6.82. The third-order valence-electron chi connectivity index (χ3n) is 3.56. The van der Waals surface area contributed by atoms with Crippen LogP contribution in [-0.4, -0.2) is 42.4 Å². The molecule has 4 heteroatoms. The van der Waals surface area contributed by atoms with Crippen LogP contribution in [-0.2, 0) is 6.54 Å². The van der Waals surface area contributed by atoms with Crippen LogP contribution < -0.4 is 10.5 Å². The molecule has 0 aromatic heterocycles. The predicted octanol–water partition coefficient (Wildman–Crippen LogP) is 0.962. The van der Waals surface area contributed by atoms with Gasteiger partial charge in [-0.3, -0.25) is 4.90 Å². The van der Waals surface area contributed by atoms with Crippen molar-refractivity contribution in [2.75, 3.05) is 26.7 Å². The van der Waals surface area contributed by atoms with E-state index in [1.54, 1.807) is 7.11 Å². The van der Waals surface area contributed by atoms with Crippen LogP contribution in [0.1, 0.15) is 24.5 Å². The normalized spacial score (nSPS) is 22.4. The largest absolute Gasteiger partial charge is 0.497 e. The van der Waals surface area contributed by atoms with E-state index in [0.29, 0.717) is 13.1 Å². The molecule has 0 amide bonds. The van der Waals surface area contributed by atoms with Gasteiger partial charge in [-0.25, -0.2) is 0 Å². The van der Waals surface area contributed by atoms with E-state index in [9.17, 15) is 5.11 Å². The number of aliphatic hydroxyl groups is 1. The Morgan fingerprint density at radius 1 is 1.50 bits per heavy atom. The molecule has 1 heterocycles. The van der Waals surface area contributed by atoms with Crippen molar-refractivity contribution in [3.05, 3.63) is 29.3 Å². The number of β-amino-alcohol motifs (C(OH)–C–C–N with tert-alkyl or cyclic N) is 1. The van der Waals surface area contributed by atoms with E-state index in [1.165, 1.54) is 0 Å². The molecule has 1 aliphatic heterocycles. The second-order valence-electron chi connectivity index (χ2n) is 5.49. The zero-order chi connectivity index (χ0) is 14.6. The SMILES string of the molecule is COc1ccc(C#CCN)c(CN2CCC(C)(O)C2)c1. The molecule has 3 N–H and O–H groups in total. The highest BCUT2D eigenvalue weighted by atomic mass is 16.5. The molecule has 0 saturated carbocycles. The van der Waals surface area contributed by atoms with Crippen molar-refractivity contribution in [2.45, 2.75) is 25.5 Å². The number of benzene rings is 1. The van der Waals surface area contributed by atoms with Crippen molar-refractivity contribution in [1.82, 2.24) is 4.90 Å². The molecular weight excluding hydrogens is 252 g/mol. The van der Waals surface area contributed by atoms with E-state index in [1.807, 2.05) is 25.1 Å². The van der Waals surface area contributed by atoms with Gasteiger partial charge in [-0.15, -0.1) is 0 Å². The highest BCUT2D eigenvalue weighted by molar-refractivity contribution is 5.45. The fourth-order valence-electron chi connectivity index (χ4n) is 2.51. The molecule has 1 unspecified atom stereocenters. The summed E-state index contributed by atoms with van der Waals surface area (Å²) >= 11 is 0. The lowest BCUT2D eigenvalue weighted by atomic mass is 10.1. The number of ether oxygens (including phenoxy) is 1. The van der Waals surface area contributed by atoms with E-state index < -0.39 is 5.60 Å². The van der Waals surface area contributed by atoms with Crippen LogP contribution in [0.25, 0.3) is 0 Å². The smallest absolute Gasteiger partial charge is 0.119 e. The molecule has 0 bridgehead atoms. The van der Waals surface area contributed by atoms with Crippen molar-refractivity contribution in [3.8, 4) is 17.6 Å². The highest BCUT2D eigenvalue weighted by Gasteiger charge is 2.31. The van der Waals surface area contributed by atoms with E-state index in [4.69, 9.17) is 10.5 Å². The van der Waals surface area contributed by atoms with Gasteiger partial charge >= 0.3 is 0 Å². The second-order valence-corrected chi connectivity index (χ2v) is 5.49. The molecule has 1 aromatic rings. The number of rotatable bonds is 3. The van der Waals surface area contributed by atoms with Gasteiger partial charge < -0.3 is 15.6 Å². The summed E-state index contributed by atoms with van der Waals surface area (Å²) in [5.41, 5.74) is 6.95. The van der Waals surface area contributed by atoms with Gasteiger partial charge in [0.25, 0.3) is 0 Å². The average Bonchev–Trinajstić information content (AvgIpc) is 2.76. The minimum Gasteiger partial charge on any atom is -0.497 e. The van der Waals surface area contributed by atoms with Gasteiger partial charge in [0.05, 0.1) is 19.3 Å². The van der Waals surface area contributed by atoms with E-state index in [0.717, 1.165) is 36.4 Å². The van der Waals surface area contributed by atoms with Gasteiger partial charge in [0.2, 0.25) is 0 Å². The van der Waals surface area contributed by atoms with E-state index in [2.05, 4.69) is 16.7 Å². The number of hydrogen-bond acceptors (Lipinski definition) is 4. The third kappa shape index (κ3) is 3.73. The first-order valence-electron chi connectivity index (χ1n) is 6.85. The van der Waals surface area contributed by atoms with Gasteiger partial charge in [-0.2, -0.15) is 0 Å². The van der Waals surface area contributed by atoms with Gasteiger partial charge in [0, 0.05) is 25.2 Å². The van der Waals surface area contributed by atoms with Gasteiger partial charge in [0.15, 0.2) is 0 Å². The monoisotopic (exact) mass is 274 g/mol. The predicted molar refractivity (Wildman–Crippen MR) is 79.4 cm³/mol. The lowest BCUT2D eigenvalue weighted by Crippen LogP contribution is -2.29. The molecule has 1 saturated heterocycles. The minimum absolute atomic E-state index is 0.351. The van der Waals surface area contributed by atoms with Crippen LogP contribution in [0.5, 0.6) is 5.75 Å². The Kier molecular flexibility index (Phi) is 4.66. The molecule has 0 aliphatic carbocycles. The Morgan fingerprint density at radius 2 is 2.30 bits per heavy atom. The lowest BCUT2D eigenvalue weighted by Gasteiger charge is -2.19. The number of hydrogen-bond donors (Lipinski definition) is 2. The number of nitrogens with two attached hydrogens (primary N) is 1. The first-order valence-corrected chi connectivity index (χ1v) is 6.85. The van der Waals surface area contributed by atoms with Crippen molar-refractivity contribution in [3.63, 3.8) is 0 Å². The fraction of sp³-hybridized carbons (Fsp3) is 0.500. The quantitative estimate of drug-likeness (QED) is 0.806. The summed E-state index contributed by atoms with van der Waals surface area (Å²) < 4.78 is 5.28. The molecule has 108 valence electrons. The summed E-state index contributed by atoms with van der Waals surface area (Å²) in [4.78, 5) is 2.24. The Labute approximate surface area is 120 Å². The van der Waals surface area contributed by atoms with Crippen LogP contribution in [0.4, 0.5) is 0 Å². The summed E-state index contributed by atoms with van der Waals surface area (Å²) in [6.45, 7) is 4.58. The lowest BCUT2D eigenvalue weighted by molar-refractivity contribution is 0.0679. The fourth-order valence-corrected chi connectivity index (χ4v) is 2.51. The van der Waals surface area contributed by atoms with Gasteiger partial charge in [-0.05, 0) is 37.1 Å². The molecule has 1 aliphatic rings. The Morgan fingerprint density at radius 3 is 2.90 bits per heavy atom. The first-order chi connectivity index (χ1) is 9.54. The maximum Gasteiger partial charge on any atom is 0.119 e. The van der Waals surface area contributed by atoms with E-state index in [-0.39, 0.29) is 0 Å². The van der Waals surface area contributed by atoms with Crippen LogP contribution >= 0.6 is 0 Å². The third-order valence-corrected chi connectivity index (χ3v) is 3.56. The zero-order valence-electron chi connectivity index (χ0n) is 12.1. The summed E-state index contributed by atoms with van der Waals surface area (Å²) in [7, 11) is 1.66. The van der Waals surface area contributed by atoms with E-state index >= 15 is 0 Å². The molecule has 0 radical (unpaired) electrons. The standard InChI is InChI=1S/C16H22N2O2/c1-16(19)7-9-18(12-16)11-14-10-15(20-2)6-5-13(14)4-3-8-17/h5-6,10,19H,7-9,11-12,17H2,1-2H3. The maximum absolute atomic E-state index is 10.0. The second kappa shape index (κ2) is 6.27.